The fourth-order valence-corrected chi connectivity index (χ4v) is 4.28. The second-order valence-electron chi connectivity index (χ2n) is 6.80. The quantitative estimate of drug-likeness (QED) is 0.757. The summed E-state index contributed by atoms with van der Waals surface area (Å²) >= 11 is 1.81. The van der Waals surface area contributed by atoms with Crippen LogP contribution in [0.2, 0.25) is 0 Å². The van der Waals surface area contributed by atoms with Crippen molar-refractivity contribution < 1.29 is 6.22 Å². The second kappa shape index (κ2) is 8.45. The fourth-order valence-electron chi connectivity index (χ4n) is 3.34. The summed E-state index contributed by atoms with van der Waals surface area (Å²) in [7, 11) is 0. The second-order valence-corrected chi connectivity index (χ2v) is 7.80. The molecule has 0 aliphatic carbocycles. The molecule has 144 valence electrons. The maximum absolute atomic E-state index is 12.4. The summed E-state index contributed by atoms with van der Waals surface area (Å²) in [5.74, 6) is 0.751. The van der Waals surface area contributed by atoms with Crippen LogP contribution in [0, 0.1) is 0 Å². The molecule has 0 bridgehead atoms. The number of amides is 2. The molecule has 4 rings (SSSR count). The summed E-state index contributed by atoms with van der Waals surface area (Å²) in [6, 6.07) is 12.7. The van der Waals surface area contributed by atoms with Crippen LogP contribution in [-0.2, 0) is 6.54 Å². The number of carbonyl (C=O) groups excluding carboxylic acids is 1. The van der Waals surface area contributed by atoms with Gasteiger partial charge >= 0.3 is 6.03 Å². The summed E-state index contributed by atoms with van der Waals surface area (Å²) in [4.78, 5) is 18.1. The van der Waals surface area contributed by atoms with Crippen LogP contribution in [0.25, 0.3) is 11.1 Å². The number of nitrogens with zero attached hydrogens (tertiary/aromatic N) is 2. The molecule has 1 fully saturated rings. The van der Waals surface area contributed by atoms with Crippen molar-refractivity contribution in [1.29, 1.82) is 0 Å². The molecule has 2 aliphatic rings. The number of carbonyl (C=O) groups is 1. The van der Waals surface area contributed by atoms with Gasteiger partial charge in [-0.2, -0.15) is 0 Å². The average Bonchev–Trinajstić information content (AvgIpc) is 3.18. The first kappa shape index (κ1) is 17.9. The van der Waals surface area contributed by atoms with Crippen molar-refractivity contribution in [2.75, 3.05) is 39.3 Å². The number of rotatable bonds is 4. The van der Waals surface area contributed by atoms with E-state index in [0.29, 0.717) is 0 Å². The lowest BCUT2D eigenvalue weighted by atomic mass is 10.1. The molecule has 1 aromatic carbocycles. The van der Waals surface area contributed by atoms with Gasteiger partial charge in [-0.1, -0.05) is 30.3 Å². The maximum atomic E-state index is 12.4. The Balaban J connectivity index is 0.00000225. The molecule has 3 N–H and O–H groups in total. The summed E-state index contributed by atoms with van der Waals surface area (Å²) in [6.07, 6.45) is 1.82. The number of hydrogen-bond donors (Lipinski definition) is 3. The number of nitrogens with one attached hydrogen (secondary N) is 3. The minimum atomic E-state index is -0.0282. The van der Waals surface area contributed by atoms with E-state index in [2.05, 4.69) is 56.6 Å². The van der Waals surface area contributed by atoms with Gasteiger partial charge in [0.15, 0.2) is 0 Å². The van der Waals surface area contributed by atoms with E-state index in [4.69, 9.17) is 0 Å². The largest absolute Gasteiger partial charge is 0.386 e. The third-order valence-electron chi connectivity index (χ3n) is 4.87. The zero-order valence-corrected chi connectivity index (χ0v) is 16.1. The molecule has 0 atom stereocenters. The third kappa shape index (κ3) is 4.61. The summed E-state index contributed by atoms with van der Waals surface area (Å²) in [6.45, 7) is 5.96. The van der Waals surface area contributed by atoms with Crippen LogP contribution in [-0.4, -0.2) is 55.1 Å². The van der Waals surface area contributed by atoms with E-state index < -0.39 is 0 Å². The zero-order valence-electron chi connectivity index (χ0n) is 15.3. The van der Waals surface area contributed by atoms with E-state index in [1.807, 2.05) is 28.5 Å². The van der Waals surface area contributed by atoms with Gasteiger partial charge in [0.25, 0.3) is 0 Å². The zero-order chi connectivity index (χ0) is 18.5. The van der Waals surface area contributed by atoms with E-state index in [9.17, 15) is 4.79 Å². The van der Waals surface area contributed by atoms with E-state index in [0.717, 1.165) is 51.6 Å². The van der Waals surface area contributed by atoms with Crippen LogP contribution in [0.15, 0.2) is 53.8 Å². The van der Waals surface area contributed by atoms with Crippen molar-refractivity contribution in [1.82, 2.24) is 25.8 Å². The van der Waals surface area contributed by atoms with Crippen LogP contribution in [0.5, 0.6) is 0 Å². The first-order chi connectivity index (χ1) is 13.3. The van der Waals surface area contributed by atoms with Gasteiger partial charge in [0, 0.05) is 58.3 Å². The monoisotopic (exact) mass is 385 g/mol. The normalized spacial score (nSPS) is 17.6. The summed E-state index contributed by atoms with van der Waals surface area (Å²) in [5, 5.41) is 11.5. The molecule has 7 heteroatoms. The maximum Gasteiger partial charge on any atom is 0.323 e. The summed E-state index contributed by atoms with van der Waals surface area (Å²) in [5.41, 5.74) is 2.55. The molecule has 1 saturated heterocycles. The molecule has 0 unspecified atom stereocenters. The highest BCUT2D eigenvalue weighted by atomic mass is 32.1. The van der Waals surface area contributed by atoms with Crippen LogP contribution >= 0.6 is 11.3 Å². The molecule has 6 nitrogen and oxygen atoms in total. The van der Waals surface area contributed by atoms with Crippen LogP contribution < -0.4 is 16.0 Å². The highest BCUT2D eigenvalue weighted by molar-refractivity contribution is 7.10. The molecule has 3 heterocycles. The minimum Gasteiger partial charge on any atom is -0.386 e. The Kier molecular flexibility index (Phi) is 5.60. The van der Waals surface area contributed by atoms with Crippen LogP contribution in [0.3, 0.4) is 0 Å². The third-order valence-corrected chi connectivity index (χ3v) is 5.79. The molecule has 2 aliphatic heterocycles. The Hall–Kier alpha value is -2.51. The Morgan fingerprint density at radius 3 is 2.67 bits per heavy atom. The highest BCUT2D eigenvalue weighted by Crippen LogP contribution is 2.26. The Morgan fingerprint density at radius 1 is 1.11 bits per heavy atom. The van der Waals surface area contributed by atoms with Crippen molar-refractivity contribution >= 4 is 17.4 Å². The van der Waals surface area contributed by atoms with E-state index >= 15 is 0 Å². The Bertz CT molecular complexity index is 802. The van der Waals surface area contributed by atoms with Gasteiger partial charge in [-0.3, -0.25) is 10.2 Å². The lowest BCUT2D eigenvalue weighted by Crippen LogP contribution is -2.52. The smallest absolute Gasteiger partial charge is 0.323 e. The molecule has 1 aromatic heterocycles. The molecule has 27 heavy (non-hydrogen) atoms. The van der Waals surface area contributed by atoms with Gasteiger partial charge in [0.05, 0.1) is 0 Å². The molecule has 2 amide bonds. The van der Waals surface area contributed by atoms with Crippen LogP contribution in [0.4, 0.5) is 4.79 Å². The molecule has 0 saturated carbocycles. The van der Waals surface area contributed by atoms with Gasteiger partial charge in [0.1, 0.15) is 5.82 Å². The fraction of sp³-hybridized carbons (Fsp3) is 0.350. The van der Waals surface area contributed by atoms with Gasteiger partial charge in [-0.15, -0.1) is 11.3 Å². The standard InChI is InChI=1S/C20H25N5OS.H2/c26-20(23-19-13-21-6-7-22-19)25-10-8-24(9-11-25)14-18-12-17(15-27-18)16-4-2-1-3-5-16;/h1-5,12-13,15,21-22H,6-11,14H2,(H,23,26);1H. The Labute approximate surface area is 165 Å². The number of urea groups is 1. The number of thiophene rings is 1. The van der Waals surface area contributed by atoms with Crippen molar-refractivity contribution in [2.24, 2.45) is 0 Å². The molecule has 0 radical (unpaired) electrons. The number of piperazine rings is 1. The minimum absolute atomic E-state index is 0. The SMILES string of the molecule is O=C(NC1=CNCCN1)N1CCN(Cc2cc(-c3ccccc3)cs2)CC1.[HH]. The van der Waals surface area contributed by atoms with Crippen molar-refractivity contribution in [2.45, 2.75) is 6.54 Å². The predicted molar refractivity (Wildman–Crippen MR) is 111 cm³/mol. The number of benzene rings is 1. The topological polar surface area (TPSA) is 59.6 Å². The van der Waals surface area contributed by atoms with E-state index in [-0.39, 0.29) is 7.46 Å². The molecule has 0 spiro atoms. The number of hydrogen-bond acceptors (Lipinski definition) is 5. The average molecular weight is 386 g/mol. The van der Waals surface area contributed by atoms with Crippen molar-refractivity contribution in [3.8, 4) is 11.1 Å². The van der Waals surface area contributed by atoms with Crippen LogP contribution in [0.1, 0.15) is 6.30 Å². The first-order valence-corrected chi connectivity index (χ1v) is 10.2. The Morgan fingerprint density at radius 2 is 1.93 bits per heavy atom. The molecular weight excluding hydrogens is 358 g/mol. The van der Waals surface area contributed by atoms with Gasteiger partial charge in [-0.25, -0.2) is 4.79 Å². The van der Waals surface area contributed by atoms with Gasteiger partial charge in [-0.05, 0) is 22.6 Å². The van der Waals surface area contributed by atoms with Crippen molar-refractivity contribution in [3.63, 3.8) is 0 Å². The summed E-state index contributed by atoms with van der Waals surface area (Å²) < 4.78 is 0. The molecule has 2 aromatic rings. The van der Waals surface area contributed by atoms with Gasteiger partial charge in [0.2, 0.25) is 0 Å². The van der Waals surface area contributed by atoms with Crippen molar-refractivity contribution in [3.05, 3.63) is 58.7 Å². The van der Waals surface area contributed by atoms with E-state index in [1.165, 1.54) is 16.0 Å². The van der Waals surface area contributed by atoms with E-state index in [1.54, 1.807) is 0 Å². The predicted octanol–water partition coefficient (Wildman–Crippen LogP) is 2.48. The lowest BCUT2D eigenvalue weighted by Gasteiger charge is -2.34. The molecular formula is C20H27N5OS. The highest BCUT2D eigenvalue weighted by Gasteiger charge is 2.22. The van der Waals surface area contributed by atoms with Gasteiger partial charge < -0.3 is 15.5 Å². The lowest BCUT2D eigenvalue weighted by molar-refractivity contribution is 0.137. The first-order valence-electron chi connectivity index (χ1n) is 9.36.